The average molecular weight is 553 g/mol. The molecule has 0 spiro atoms. The summed E-state index contributed by atoms with van der Waals surface area (Å²) in [6.45, 7) is 4.22. The summed E-state index contributed by atoms with van der Waals surface area (Å²) in [5, 5.41) is 10.4. The highest BCUT2D eigenvalue weighted by Crippen LogP contribution is 2.67. The van der Waals surface area contributed by atoms with Crippen molar-refractivity contribution in [2.75, 3.05) is 5.73 Å². The van der Waals surface area contributed by atoms with Crippen LogP contribution in [0.2, 0.25) is 0 Å². The number of rotatable bonds is 8. The zero-order valence-corrected chi connectivity index (χ0v) is 19.3. The summed E-state index contributed by atoms with van der Waals surface area (Å²) < 4.78 is 80.2. The van der Waals surface area contributed by atoms with Crippen LogP contribution in [0.4, 0.5) is 14.6 Å². The number of phosphoric ester groups is 1. The van der Waals surface area contributed by atoms with Gasteiger partial charge in [-0.1, -0.05) is 12.5 Å². The number of aromatic nitrogens is 2. The Kier molecular flexibility index (Phi) is 7.95. The molecule has 1 aromatic heterocycles. The number of aliphatic hydroxyl groups excluding tert-OH is 1. The molecule has 7 N–H and O–H groups in total. The van der Waals surface area contributed by atoms with Crippen molar-refractivity contribution < 1.29 is 65.0 Å². The van der Waals surface area contributed by atoms with Gasteiger partial charge in [0.05, 0.1) is 6.20 Å². The van der Waals surface area contributed by atoms with Gasteiger partial charge in [0.15, 0.2) is 17.9 Å². The Morgan fingerprint density at radius 2 is 1.88 bits per heavy atom. The van der Waals surface area contributed by atoms with E-state index in [-0.39, 0.29) is 4.57 Å². The molecule has 0 aliphatic carbocycles. The lowest BCUT2D eigenvalue weighted by Crippen LogP contribution is -2.44. The number of alkyl halides is 1. The first kappa shape index (κ1) is 28.2. The van der Waals surface area contributed by atoms with Crippen molar-refractivity contribution >= 4 is 29.3 Å². The van der Waals surface area contributed by atoms with E-state index in [0.717, 1.165) is 6.92 Å². The van der Waals surface area contributed by atoms with Crippen LogP contribution in [0.1, 0.15) is 13.2 Å². The molecule has 1 aliphatic heterocycles. The molecule has 1 fully saturated rings. The molecule has 21 heteroatoms. The van der Waals surface area contributed by atoms with Crippen LogP contribution in [0.25, 0.3) is 0 Å². The summed E-state index contributed by atoms with van der Waals surface area (Å²) in [4.78, 5) is 51.0. The second kappa shape index (κ2) is 9.57. The Hall–Kier alpha value is -1.99. The van der Waals surface area contributed by atoms with Crippen LogP contribution in [-0.4, -0.2) is 52.1 Å². The zero-order chi connectivity index (χ0) is 26.3. The van der Waals surface area contributed by atoms with Gasteiger partial charge in [0, 0.05) is 0 Å². The number of nitrogens with zero attached hydrogens (tertiary/aromatic N) is 2. The number of hydrogen-bond acceptors (Lipinski definition) is 11. The van der Waals surface area contributed by atoms with Crippen LogP contribution < -0.4 is 11.4 Å². The molecule has 0 amide bonds. The Labute approximate surface area is 188 Å². The van der Waals surface area contributed by atoms with Crippen LogP contribution in [0.3, 0.4) is 0 Å². The third-order valence-corrected chi connectivity index (χ3v) is 7.61. The quantitative estimate of drug-likeness (QED) is 0.139. The van der Waals surface area contributed by atoms with Crippen LogP contribution >= 0.6 is 23.5 Å². The van der Waals surface area contributed by atoms with E-state index in [1.54, 1.807) is 0 Å². The van der Waals surface area contributed by atoms with Gasteiger partial charge in [-0.2, -0.15) is 13.6 Å². The molecule has 4 unspecified atom stereocenters. The standard InChI is InChI=1S/C13H16F2N3O13P3/c1-3-4-13(15)9(19)8(28-11(13)18-5-7(14)10(16)17-12(18)20)6(2)29-33(24,25)31-34(26,27)30-32(21,22)23/h5,8-9,11,19H,2H2,1H3,(H,24,25)(H,26,27)(H2,16,17,20)(H2,21,22,23)/t8-,9?,11-,13?/m1/s1. The minimum atomic E-state index is -5.90. The minimum absolute atomic E-state index is 0.233. The second-order valence-corrected chi connectivity index (χ2v) is 10.7. The van der Waals surface area contributed by atoms with E-state index in [2.05, 4.69) is 30.6 Å². The molecule has 1 aromatic rings. The number of nitrogens with two attached hydrogens (primary N) is 1. The molecule has 0 aromatic carbocycles. The van der Waals surface area contributed by atoms with Crippen LogP contribution in [0, 0.1) is 17.7 Å². The minimum Gasteiger partial charge on any atom is -0.406 e. The first-order valence-corrected chi connectivity index (χ1v) is 12.9. The molecule has 16 nitrogen and oxygen atoms in total. The molecule has 34 heavy (non-hydrogen) atoms. The SMILES string of the molecule is C=C(OP(=O)(O)OP(=O)(O)OP(=O)(O)O)[C@H]1O[C@@H](n2cc(F)c(N)nc2=O)C(F)(C#CC)C1O. The molecular formula is C13H16F2N3O13P3. The highest BCUT2D eigenvalue weighted by molar-refractivity contribution is 7.66. The van der Waals surface area contributed by atoms with Crippen LogP contribution in [0.15, 0.2) is 23.3 Å². The average Bonchev–Trinajstić information content (AvgIpc) is 2.86. The van der Waals surface area contributed by atoms with Crippen LogP contribution in [0.5, 0.6) is 0 Å². The first-order valence-electron chi connectivity index (χ1n) is 8.34. The van der Waals surface area contributed by atoms with Crippen molar-refractivity contribution in [2.24, 2.45) is 0 Å². The summed E-state index contributed by atoms with van der Waals surface area (Å²) >= 11 is 0. The van der Waals surface area contributed by atoms with Crippen molar-refractivity contribution in [1.29, 1.82) is 0 Å². The maximum absolute atomic E-state index is 15.6. The lowest BCUT2D eigenvalue weighted by Gasteiger charge is -2.24. The number of hydrogen-bond donors (Lipinski definition) is 6. The zero-order valence-electron chi connectivity index (χ0n) is 16.6. The van der Waals surface area contributed by atoms with E-state index in [1.807, 2.05) is 5.92 Å². The summed E-state index contributed by atoms with van der Waals surface area (Å²) in [7, 11) is -17.4. The maximum Gasteiger partial charge on any atom is 0.536 e. The van der Waals surface area contributed by atoms with E-state index in [4.69, 9.17) is 25.2 Å². The largest absolute Gasteiger partial charge is 0.536 e. The van der Waals surface area contributed by atoms with E-state index < -0.39 is 70.7 Å². The summed E-state index contributed by atoms with van der Waals surface area (Å²) in [6.07, 6.45) is -6.43. The van der Waals surface area contributed by atoms with Gasteiger partial charge >= 0.3 is 29.2 Å². The molecule has 0 saturated carbocycles. The molecule has 0 radical (unpaired) electrons. The number of ether oxygens (including phenoxy) is 1. The van der Waals surface area contributed by atoms with Gasteiger partial charge in [-0.15, -0.1) is 5.92 Å². The molecular weight excluding hydrogens is 537 g/mol. The number of aliphatic hydroxyl groups is 1. The van der Waals surface area contributed by atoms with Gasteiger partial charge in [-0.05, 0) is 6.92 Å². The van der Waals surface area contributed by atoms with E-state index >= 15 is 4.39 Å². The maximum atomic E-state index is 15.6. The van der Waals surface area contributed by atoms with E-state index in [1.165, 1.54) is 0 Å². The van der Waals surface area contributed by atoms with Crippen molar-refractivity contribution in [2.45, 2.75) is 31.0 Å². The fraction of sp³-hybridized carbons (Fsp3) is 0.385. The third-order valence-electron chi connectivity index (χ3n) is 3.82. The number of nitrogen functional groups attached to an aromatic ring is 1. The monoisotopic (exact) mass is 553 g/mol. The van der Waals surface area contributed by atoms with Gasteiger partial charge < -0.3 is 34.8 Å². The van der Waals surface area contributed by atoms with Gasteiger partial charge in [-0.3, -0.25) is 9.46 Å². The molecule has 6 atom stereocenters. The Morgan fingerprint density at radius 3 is 2.41 bits per heavy atom. The summed E-state index contributed by atoms with van der Waals surface area (Å²) in [5.74, 6) is 0.760. The fourth-order valence-corrected chi connectivity index (χ4v) is 5.69. The summed E-state index contributed by atoms with van der Waals surface area (Å²) in [5.41, 5.74) is 0.618. The normalized spacial score (nSPS) is 28.3. The Morgan fingerprint density at radius 1 is 1.29 bits per heavy atom. The molecule has 1 saturated heterocycles. The van der Waals surface area contributed by atoms with E-state index in [9.17, 15) is 32.9 Å². The predicted octanol–water partition coefficient (Wildman–Crippen LogP) is -0.189. The van der Waals surface area contributed by atoms with Crippen molar-refractivity contribution in [3.05, 3.63) is 34.8 Å². The van der Waals surface area contributed by atoms with Gasteiger partial charge in [0.2, 0.25) is 5.67 Å². The number of halogens is 2. The molecule has 2 heterocycles. The fourth-order valence-electron chi connectivity index (χ4n) is 2.65. The van der Waals surface area contributed by atoms with Crippen LogP contribution in [-0.2, 0) is 31.6 Å². The third kappa shape index (κ3) is 6.36. The highest BCUT2D eigenvalue weighted by Gasteiger charge is 2.60. The van der Waals surface area contributed by atoms with Crippen molar-refractivity contribution in [1.82, 2.24) is 9.55 Å². The number of phosphoric acid groups is 3. The van der Waals surface area contributed by atoms with Gasteiger partial charge in [-0.25, -0.2) is 27.3 Å². The Bertz CT molecular complexity index is 1260. The predicted molar refractivity (Wildman–Crippen MR) is 104 cm³/mol. The van der Waals surface area contributed by atoms with Gasteiger partial charge in [0.1, 0.15) is 18.0 Å². The highest BCUT2D eigenvalue weighted by atomic mass is 31.3. The number of anilines is 1. The Balaban J connectivity index is 2.36. The second-order valence-electron chi connectivity index (χ2n) is 6.31. The molecule has 190 valence electrons. The van der Waals surface area contributed by atoms with Crippen molar-refractivity contribution in [3.63, 3.8) is 0 Å². The topological polar surface area (TPSA) is 250 Å². The summed E-state index contributed by atoms with van der Waals surface area (Å²) in [6, 6.07) is 0. The lowest BCUT2D eigenvalue weighted by molar-refractivity contribution is -0.0368. The van der Waals surface area contributed by atoms with Crippen molar-refractivity contribution in [3.8, 4) is 11.8 Å². The molecule has 2 rings (SSSR count). The molecule has 1 aliphatic rings. The van der Waals surface area contributed by atoms with Gasteiger partial charge in [0.25, 0.3) is 0 Å². The lowest BCUT2D eigenvalue weighted by atomic mass is 9.96. The first-order chi connectivity index (χ1) is 15.3. The molecule has 0 bridgehead atoms. The smallest absolute Gasteiger partial charge is 0.406 e. The van der Waals surface area contributed by atoms with E-state index in [0.29, 0.717) is 6.20 Å².